The second-order valence-electron chi connectivity index (χ2n) is 5.53. The maximum Gasteiger partial charge on any atom is 0.0705 e. The molecule has 2 heteroatoms. The van der Waals surface area contributed by atoms with Gasteiger partial charge in [-0.15, -0.1) is 0 Å². The minimum Gasteiger partial charge on any atom is -0.392 e. The number of hydrogen-bond acceptors (Lipinski definition) is 2. The summed E-state index contributed by atoms with van der Waals surface area (Å²) in [6.45, 7) is 6.65. The van der Waals surface area contributed by atoms with Gasteiger partial charge in [-0.2, -0.15) is 0 Å². The van der Waals surface area contributed by atoms with E-state index in [1.54, 1.807) is 6.20 Å². The van der Waals surface area contributed by atoms with Gasteiger partial charge in [0.15, 0.2) is 0 Å². The van der Waals surface area contributed by atoms with E-state index in [1.807, 2.05) is 12.1 Å². The molecule has 1 aromatic carbocycles. The lowest BCUT2D eigenvalue weighted by Gasteiger charge is -2.19. The second-order valence-corrected chi connectivity index (χ2v) is 5.53. The zero-order chi connectivity index (χ0) is 13.2. The SMILES string of the molecule is CC(C)(C)c1ccc(-c2cc(CO)ccn2)cc1. The topological polar surface area (TPSA) is 33.1 Å². The summed E-state index contributed by atoms with van der Waals surface area (Å²) in [6, 6.07) is 12.2. The molecule has 0 fully saturated rings. The average Bonchev–Trinajstić information content (AvgIpc) is 2.38. The van der Waals surface area contributed by atoms with Crippen molar-refractivity contribution in [3.63, 3.8) is 0 Å². The number of hydrogen-bond donors (Lipinski definition) is 1. The molecule has 2 nitrogen and oxygen atoms in total. The third-order valence-electron chi connectivity index (χ3n) is 3.05. The van der Waals surface area contributed by atoms with Gasteiger partial charge in [-0.1, -0.05) is 45.0 Å². The average molecular weight is 241 g/mol. The first-order chi connectivity index (χ1) is 8.50. The molecule has 0 aliphatic rings. The summed E-state index contributed by atoms with van der Waals surface area (Å²) in [4.78, 5) is 4.34. The van der Waals surface area contributed by atoms with Crippen LogP contribution in [0.5, 0.6) is 0 Å². The predicted molar refractivity (Wildman–Crippen MR) is 74.3 cm³/mol. The number of aliphatic hydroxyl groups is 1. The van der Waals surface area contributed by atoms with Crippen LogP contribution >= 0.6 is 0 Å². The standard InChI is InChI=1S/C16H19NO/c1-16(2,3)14-6-4-13(5-7-14)15-10-12(11-18)8-9-17-15/h4-10,18H,11H2,1-3H3. The maximum absolute atomic E-state index is 9.13. The van der Waals surface area contributed by atoms with Gasteiger partial charge in [-0.25, -0.2) is 0 Å². The van der Waals surface area contributed by atoms with Crippen LogP contribution < -0.4 is 0 Å². The van der Waals surface area contributed by atoms with Crippen LogP contribution in [-0.2, 0) is 12.0 Å². The third kappa shape index (κ3) is 2.77. The molecule has 0 radical (unpaired) electrons. The van der Waals surface area contributed by atoms with E-state index >= 15 is 0 Å². The van der Waals surface area contributed by atoms with Gasteiger partial charge >= 0.3 is 0 Å². The molecule has 0 saturated heterocycles. The van der Waals surface area contributed by atoms with E-state index in [2.05, 4.69) is 50.0 Å². The lowest BCUT2D eigenvalue weighted by atomic mass is 9.86. The summed E-state index contributed by atoms with van der Waals surface area (Å²) < 4.78 is 0. The zero-order valence-corrected chi connectivity index (χ0v) is 11.1. The number of benzene rings is 1. The number of nitrogens with zero attached hydrogens (tertiary/aromatic N) is 1. The highest BCUT2D eigenvalue weighted by molar-refractivity contribution is 5.60. The Kier molecular flexibility index (Phi) is 3.48. The number of rotatable bonds is 2. The minimum atomic E-state index is 0.0512. The number of aliphatic hydroxyl groups excluding tert-OH is 1. The van der Waals surface area contributed by atoms with E-state index in [1.165, 1.54) is 5.56 Å². The Morgan fingerprint density at radius 3 is 2.28 bits per heavy atom. The molecular formula is C16H19NO. The van der Waals surface area contributed by atoms with E-state index in [-0.39, 0.29) is 12.0 Å². The minimum absolute atomic E-state index is 0.0512. The van der Waals surface area contributed by atoms with Crippen LogP contribution in [0.25, 0.3) is 11.3 Å². The van der Waals surface area contributed by atoms with E-state index in [0.29, 0.717) is 0 Å². The van der Waals surface area contributed by atoms with Gasteiger partial charge in [0.25, 0.3) is 0 Å². The molecule has 18 heavy (non-hydrogen) atoms. The lowest BCUT2D eigenvalue weighted by Crippen LogP contribution is -2.10. The van der Waals surface area contributed by atoms with E-state index in [0.717, 1.165) is 16.8 Å². The summed E-state index contributed by atoms with van der Waals surface area (Å²) in [5.41, 5.74) is 4.35. The van der Waals surface area contributed by atoms with Gasteiger partial charge in [-0.05, 0) is 28.7 Å². The zero-order valence-electron chi connectivity index (χ0n) is 11.1. The van der Waals surface area contributed by atoms with Gasteiger partial charge in [0.1, 0.15) is 0 Å². The molecule has 0 aliphatic carbocycles. The van der Waals surface area contributed by atoms with Crippen LogP contribution in [-0.4, -0.2) is 10.1 Å². The first-order valence-electron chi connectivity index (χ1n) is 6.17. The summed E-state index contributed by atoms with van der Waals surface area (Å²) in [5.74, 6) is 0. The van der Waals surface area contributed by atoms with Crippen LogP contribution in [0.4, 0.5) is 0 Å². The van der Waals surface area contributed by atoms with Gasteiger partial charge in [-0.3, -0.25) is 4.98 Å². The molecule has 2 aromatic rings. The molecule has 0 bridgehead atoms. The monoisotopic (exact) mass is 241 g/mol. The quantitative estimate of drug-likeness (QED) is 0.872. The van der Waals surface area contributed by atoms with Gasteiger partial charge in [0.05, 0.1) is 12.3 Å². The molecule has 0 atom stereocenters. The van der Waals surface area contributed by atoms with E-state index in [9.17, 15) is 0 Å². The van der Waals surface area contributed by atoms with Gasteiger partial charge in [0.2, 0.25) is 0 Å². The van der Waals surface area contributed by atoms with Crippen molar-refractivity contribution >= 4 is 0 Å². The van der Waals surface area contributed by atoms with Gasteiger partial charge < -0.3 is 5.11 Å². The number of aromatic nitrogens is 1. The van der Waals surface area contributed by atoms with Crippen LogP contribution in [0.3, 0.4) is 0 Å². The van der Waals surface area contributed by atoms with E-state index < -0.39 is 0 Å². The molecule has 0 spiro atoms. The van der Waals surface area contributed by atoms with Crippen molar-refractivity contribution in [1.82, 2.24) is 4.98 Å². The first kappa shape index (κ1) is 12.8. The van der Waals surface area contributed by atoms with Crippen molar-refractivity contribution in [3.05, 3.63) is 53.7 Å². The molecule has 2 rings (SSSR count). The van der Waals surface area contributed by atoms with Crippen molar-refractivity contribution in [2.45, 2.75) is 32.8 Å². The van der Waals surface area contributed by atoms with Crippen LogP contribution in [0.2, 0.25) is 0 Å². The highest BCUT2D eigenvalue weighted by atomic mass is 16.3. The predicted octanol–water partition coefficient (Wildman–Crippen LogP) is 3.54. The molecule has 0 aliphatic heterocycles. The molecule has 94 valence electrons. The van der Waals surface area contributed by atoms with Crippen molar-refractivity contribution in [3.8, 4) is 11.3 Å². The van der Waals surface area contributed by atoms with Gasteiger partial charge in [0, 0.05) is 11.8 Å². The Balaban J connectivity index is 2.34. The highest BCUT2D eigenvalue weighted by Crippen LogP contribution is 2.25. The van der Waals surface area contributed by atoms with Crippen molar-refractivity contribution in [2.75, 3.05) is 0 Å². The summed E-state index contributed by atoms with van der Waals surface area (Å²) in [5, 5.41) is 9.13. The molecule has 1 N–H and O–H groups in total. The molecule has 0 saturated carbocycles. The second kappa shape index (κ2) is 4.91. The van der Waals surface area contributed by atoms with Crippen molar-refractivity contribution < 1.29 is 5.11 Å². The maximum atomic E-state index is 9.13. The molecule has 0 amide bonds. The largest absolute Gasteiger partial charge is 0.392 e. The summed E-state index contributed by atoms with van der Waals surface area (Å²) in [6.07, 6.45) is 1.73. The molecule has 0 unspecified atom stereocenters. The highest BCUT2D eigenvalue weighted by Gasteiger charge is 2.13. The summed E-state index contributed by atoms with van der Waals surface area (Å²) >= 11 is 0. The molecule has 1 aromatic heterocycles. The smallest absolute Gasteiger partial charge is 0.0705 e. The summed E-state index contributed by atoms with van der Waals surface area (Å²) in [7, 11) is 0. The Bertz CT molecular complexity index is 524. The Morgan fingerprint density at radius 1 is 1.06 bits per heavy atom. The molecular weight excluding hydrogens is 222 g/mol. The lowest BCUT2D eigenvalue weighted by molar-refractivity contribution is 0.282. The fourth-order valence-corrected chi connectivity index (χ4v) is 1.87. The molecule has 1 heterocycles. The van der Waals surface area contributed by atoms with Crippen LogP contribution in [0, 0.1) is 0 Å². The Morgan fingerprint density at radius 2 is 1.72 bits per heavy atom. The fourth-order valence-electron chi connectivity index (χ4n) is 1.87. The van der Waals surface area contributed by atoms with E-state index in [4.69, 9.17) is 5.11 Å². The number of pyridine rings is 1. The normalized spacial score (nSPS) is 11.6. The Hall–Kier alpha value is -1.67. The van der Waals surface area contributed by atoms with Crippen LogP contribution in [0.15, 0.2) is 42.6 Å². The Labute approximate surface area is 108 Å². The first-order valence-corrected chi connectivity index (χ1v) is 6.17. The van der Waals surface area contributed by atoms with Crippen molar-refractivity contribution in [1.29, 1.82) is 0 Å². The fraction of sp³-hybridized carbons (Fsp3) is 0.312. The van der Waals surface area contributed by atoms with Crippen LogP contribution in [0.1, 0.15) is 31.9 Å². The third-order valence-corrected chi connectivity index (χ3v) is 3.05. The van der Waals surface area contributed by atoms with Crippen molar-refractivity contribution in [2.24, 2.45) is 0 Å².